The summed E-state index contributed by atoms with van der Waals surface area (Å²) in [6.45, 7) is 5.95. The highest BCUT2D eigenvalue weighted by atomic mass is 16.6. The molecule has 0 fully saturated rings. The fourth-order valence-corrected chi connectivity index (χ4v) is 2.76. The van der Waals surface area contributed by atoms with Crippen LogP contribution >= 0.6 is 0 Å². The van der Waals surface area contributed by atoms with Gasteiger partial charge in [0.2, 0.25) is 0 Å². The summed E-state index contributed by atoms with van der Waals surface area (Å²) in [6.07, 6.45) is -0.762. The molecule has 2 rings (SSSR count). The highest BCUT2D eigenvalue weighted by Crippen LogP contribution is 2.08. The van der Waals surface area contributed by atoms with E-state index in [9.17, 15) is 14.4 Å². The summed E-state index contributed by atoms with van der Waals surface area (Å²) >= 11 is 0. The first-order valence-electron chi connectivity index (χ1n) is 10.8. The van der Waals surface area contributed by atoms with Gasteiger partial charge in [0.1, 0.15) is 24.9 Å². The lowest BCUT2D eigenvalue weighted by Gasteiger charge is -2.20. The molecule has 1 amide bonds. The van der Waals surface area contributed by atoms with Crippen molar-refractivity contribution in [2.45, 2.75) is 52.0 Å². The van der Waals surface area contributed by atoms with E-state index in [0.29, 0.717) is 0 Å². The number of esters is 2. The molecule has 0 aromatic heterocycles. The minimum absolute atomic E-state index is 0.0904. The van der Waals surface area contributed by atoms with E-state index in [1.165, 1.54) is 0 Å². The molecule has 0 bridgehead atoms. The molecule has 0 spiro atoms. The van der Waals surface area contributed by atoms with Crippen LogP contribution in [0.4, 0.5) is 4.79 Å². The van der Waals surface area contributed by atoms with Gasteiger partial charge >= 0.3 is 18.0 Å². The molecule has 8 heteroatoms. The number of carbonyl (C=O) groups is 3. The molecule has 0 aliphatic heterocycles. The number of nitrogens with one attached hydrogen (secondary N) is 2. The fourth-order valence-electron chi connectivity index (χ4n) is 2.76. The van der Waals surface area contributed by atoms with Gasteiger partial charge in [-0.2, -0.15) is 0 Å². The molecule has 0 saturated carbocycles. The van der Waals surface area contributed by atoms with Gasteiger partial charge in [-0.25, -0.2) is 4.79 Å². The van der Waals surface area contributed by atoms with Gasteiger partial charge in [-0.3, -0.25) is 9.59 Å². The van der Waals surface area contributed by atoms with E-state index in [2.05, 4.69) is 10.6 Å². The first-order valence-corrected chi connectivity index (χ1v) is 10.8. The predicted octanol–water partition coefficient (Wildman–Crippen LogP) is 3.35. The standard InChI is InChI=1S/C25H32N2O6/c1-25(2,3)33-24(30)27-15-14-26-21(23(29)32-18-20-12-8-5-9-13-20)16-22(28)31-17-19-10-6-4-7-11-19/h4-13,21,26H,14-18H2,1-3H3,(H,27,30)/t21-/m1/s1. The molecule has 2 aromatic rings. The number of amides is 1. The Morgan fingerprint density at radius 3 is 1.91 bits per heavy atom. The van der Waals surface area contributed by atoms with Gasteiger partial charge < -0.3 is 24.8 Å². The number of benzene rings is 2. The van der Waals surface area contributed by atoms with Crippen LogP contribution in [0.2, 0.25) is 0 Å². The Bertz CT molecular complexity index is 881. The van der Waals surface area contributed by atoms with E-state index in [0.717, 1.165) is 11.1 Å². The van der Waals surface area contributed by atoms with Gasteiger partial charge in [0.15, 0.2) is 0 Å². The average molecular weight is 457 g/mol. The number of alkyl carbamates (subject to hydrolysis) is 1. The Morgan fingerprint density at radius 1 is 0.818 bits per heavy atom. The minimum Gasteiger partial charge on any atom is -0.461 e. The van der Waals surface area contributed by atoms with Crippen molar-refractivity contribution in [2.75, 3.05) is 13.1 Å². The predicted molar refractivity (Wildman–Crippen MR) is 123 cm³/mol. The molecule has 0 unspecified atom stereocenters. The summed E-state index contributed by atoms with van der Waals surface area (Å²) in [5, 5.41) is 5.56. The van der Waals surface area contributed by atoms with E-state index in [1.54, 1.807) is 20.8 Å². The van der Waals surface area contributed by atoms with E-state index in [4.69, 9.17) is 14.2 Å². The van der Waals surface area contributed by atoms with Crippen molar-refractivity contribution in [3.8, 4) is 0 Å². The van der Waals surface area contributed by atoms with Crippen molar-refractivity contribution in [3.63, 3.8) is 0 Å². The lowest BCUT2D eigenvalue weighted by Crippen LogP contribution is -2.44. The third kappa shape index (κ3) is 11.2. The fraction of sp³-hybridized carbons (Fsp3) is 0.400. The van der Waals surface area contributed by atoms with Crippen LogP contribution in [-0.2, 0) is 37.0 Å². The smallest absolute Gasteiger partial charge is 0.407 e. The molecular weight excluding hydrogens is 424 g/mol. The van der Waals surface area contributed by atoms with Crippen molar-refractivity contribution in [1.82, 2.24) is 10.6 Å². The second-order valence-electron chi connectivity index (χ2n) is 8.38. The van der Waals surface area contributed by atoms with Crippen LogP contribution < -0.4 is 10.6 Å². The largest absolute Gasteiger partial charge is 0.461 e. The van der Waals surface area contributed by atoms with Crippen molar-refractivity contribution < 1.29 is 28.6 Å². The van der Waals surface area contributed by atoms with Crippen LogP contribution in [0.1, 0.15) is 38.3 Å². The van der Waals surface area contributed by atoms with Crippen LogP contribution in [0.3, 0.4) is 0 Å². The number of hydrogen-bond donors (Lipinski definition) is 2. The second kappa shape index (κ2) is 13.2. The third-order valence-electron chi connectivity index (χ3n) is 4.31. The topological polar surface area (TPSA) is 103 Å². The summed E-state index contributed by atoms with van der Waals surface area (Å²) < 4.78 is 15.8. The molecule has 0 radical (unpaired) electrons. The normalized spacial score (nSPS) is 11.8. The summed E-state index contributed by atoms with van der Waals surface area (Å²) in [7, 11) is 0. The maximum absolute atomic E-state index is 12.6. The summed E-state index contributed by atoms with van der Waals surface area (Å²) in [5.41, 5.74) is 1.08. The Balaban J connectivity index is 1.86. The Hall–Kier alpha value is -3.39. The molecule has 0 heterocycles. The summed E-state index contributed by atoms with van der Waals surface area (Å²) in [4.78, 5) is 36.7. The van der Waals surface area contributed by atoms with Gasteiger partial charge in [-0.15, -0.1) is 0 Å². The highest BCUT2D eigenvalue weighted by Gasteiger charge is 2.24. The molecule has 0 saturated heterocycles. The van der Waals surface area contributed by atoms with Crippen LogP contribution in [0.15, 0.2) is 60.7 Å². The number of carbonyl (C=O) groups excluding carboxylic acids is 3. The van der Waals surface area contributed by atoms with E-state index >= 15 is 0 Å². The van der Waals surface area contributed by atoms with Crippen LogP contribution in [0.25, 0.3) is 0 Å². The maximum atomic E-state index is 12.6. The molecular formula is C25H32N2O6. The summed E-state index contributed by atoms with van der Waals surface area (Å²) in [5.74, 6) is -1.11. The third-order valence-corrected chi connectivity index (χ3v) is 4.31. The van der Waals surface area contributed by atoms with Gasteiger partial charge in [-0.1, -0.05) is 60.7 Å². The minimum atomic E-state index is -0.919. The molecule has 178 valence electrons. The maximum Gasteiger partial charge on any atom is 0.407 e. The molecule has 2 aromatic carbocycles. The Kier molecular flexibility index (Phi) is 10.4. The lowest BCUT2D eigenvalue weighted by molar-refractivity contribution is -0.154. The highest BCUT2D eigenvalue weighted by molar-refractivity contribution is 5.82. The van der Waals surface area contributed by atoms with Crippen LogP contribution in [0.5, 0.6) is 0 Å². The molecule has 8 nitrogen and oxygen atoms in total. The first-order chi connectivity index (χ1) is 15.7. The van der Waals surface area contributed by atoms with Crippen molar-refractivity contribution >= 4 is 18.0 Å². The molecule has 0 aliphatic carbocycles. The Morgan fingerprint density at radius 2 is 1.36 bits per heavy atom. The summed E-state index contributed by atoms with van der Waals surface area (Å²) in [6, 6.07) is 17.6. The zero-order chi connectivity index (χ0) is 24.1. The number of ether oxygens (including phenoxy) is 3. The van der Waals surface area contributed by atoms with E-state index in [-0.39, 0.29) is 32.7 Å². The number of rotatable bonds is 11. The molecule has 33 heavy (non-hydrogen) atoms. The molecule has 1 atom stereocenters. The molecule has 2 N–H and O–H groups in total. The lowest BCUT2D eigenvalue weighted by atomic mass is 10.2. The van der Waals surface area contributed by atoms with Gasteiger partial charge in [-0.05, 0) is 31.9 Å². The van der Waals surface area contributed by atoms with Gasteiger partial charge in [0.25, 0.3) is 0 Å². The zero-order valence-corrected chi connectivity index (χ0v) is 19.3. The van der Waals surface area contributed by atoms with Gasteiger partial charge in [0.05, 0.1) is 6.42 Å². The Labute approximate surface area is 194 Å². The second-order valence-corrected chi connectivity index (χ2v) is 8.38. The zero-order valence-electron chi connectivity index (χ0n) is 19.3. The van der Waals surface area contributed by atoms with E-state index in [1.807, 2.05) is 60.7 Å². The van der Waals surface area contributed by atoms with Crippen molar-refractivity contribution in [1.29, 1.82) is 0 Å². The quantitative estimate of drug-likeness (QED) is 0.304. The first kappa shape index (κ1) is 25.9. The SMILES string of the molecule is CC(C)(C)OC(=O)NCCN[C@H](CC(=O)OCc1ccccc1)C(=O)OCc1ccccc1. The van der Waals surface area contributed by atoms with Crippen LogP contribution in [-0.4, -0.2) is 42.8 Å². The molecule has 0 aliphatic rings. The van der Waals surface area contributed by atoms with Crippen LogP contribution in [0, 0.1) is 0 Å². The van der Waals surface area contributed by atoms with E-state index < -0.39 is 29.7 Å². The van der Waals surface area contributed by atoms with Crippen molar-refractivity contribution in [2.24, 2.45) is 0 Å². The monoisotopic (exact) mass is 456 g/mol. The van der Waals surface area contributed by atoms with Gasteiger partial charge in [0, 0.05) is 13.1 Å². The average Bonchev–Trinajstić information content (AvgIpc) is 2.78. The number of hydrogen-bond acceptors (Lipinski definition) is 7. The van der Waals surface area contributed by atoms with Crippen molar-refractivity contribution in [3.05, 3.63) is 71.8 Å².